The van der Waals surface area contributed by atoms with Crippen LogP contribution in [0.15, 0.2) is 48.5 Å². The molecule has 5 nitrogen and oxygen atoms in total. The van der Waals surface area contributed by atoms with Gasteiger partial charge in [-0.15, -0.1) is 0 Å². The molecule has 5 heteroatoms. The summed E-state index contributed by atoms with van der Waals surface area (Å²) < 4.78 is 11.2. The van der Waals surface area contributed by atoms with Gasteiger partial charge in [0.2, 0.25) is 0 Å². The molecule has 2 bridgehead atoms. The van der Waals surface area contributed by atoms with Crippen molar-refractivity contribution in [1.29, 1.82) is 0 Å². The van der Waals surface area contributed by atoms with Gasteiger partial charge in [-0.05, 0) is 35.1 Å². The summed E-state index contributed by atoms with van der Waals surface area (Å²) in [5.74, 6) is 0.0712. The summed E-state index contributed by atoms with van der Waals surface area (Å²) in [5, 5.41) is 12.3. The van der Waals surface area contributed by atoms with E-state index in [0.717, 1.165) is 12.8 Å². The van der Waals surface area contributed by atoms with E-state index in [1.54, 1.807) is 0 Å². The van der Waals surface area contributed by atoms with Crippen molar-refractivity contribution in [2.24, 2.45) is 5.41 Å². The fourth-order valence-electron chi connectivity index (χ4n) is 5.07. The van der Waals surface area contributed by atoms with Crippen LogP contribution in [0.2, 0.25) is 0 Å². The fourth-order valence-corrected chi connectivity index (χ4v) is 5.07. The molecule has 2 N–H and O–H groups in total. The number of carbonyl (C=O) groups is 1. The third-order valence-corrected chi connectivity index (χ3v) is 6.32. The lowest BCUT2D eigenvalue weighted by atomic mass is 9.63. The molecule has 0 unspecified atom stereocenters. The van der Waals surface area contributed by atoms with Crippen LogP contribution in [0.3, 0.4) is 0 Å². The van der Waals surface area contributed by atoms with Gasteiger partial charge in [0.15, 0.2) is 0 Å². The van der Waals surface area contributed by atoms with Crippen molar-refractivity contribution >= 4 is 6.09 Å². The van der Waals surface area contributed by atoms with Gasteiger partial charge in [-0.3, -0.25) is 0 Å². The highest BCUT2D eigenvalue weighted by Gasteiger charge is 2.62. The molecule has 0 spiro atoms. The fraction of sp³-hybridized carbons (Fsp3) is 0.409. The van der Waals surface area contributed by atoms with Crippen LogP contribution in [0.5, 0.6) is 0 Å². The number of amides is 1. The molecule has 0 aromatic heterocycles. The maximum atomic E-state index is 12.3. The van der Waals surface area contributed by atoms with Gasteiger partial charge in [-0.25, -0.2) is 4.79 Å². The summed E-state index contributed by atoms with van der Waals surface area (Å²) in [6.45, 7) is 1.51. The molecule has 27 heavy (non-hydrogen) atoms. The second-order valence-corrected chi connectivity index (χ2v) is 8.16. The number of carbonyl (C=O) groups excluding carboxylic acids is 1. The minimum absolute atomic E-state index is 0.0334. The topological polar surface area (TPSA) is 67.8 Å². The summed E-state index contributed by atoms with van der Waals surface area (Å²) in [4.78, 5) is 12.3. The lowest BCUT2D eigenvalue weighted by Gasteiger charge is -2.43. The highest BCUT2D eigenvalue weighted by atomic mass is 16.5. The molecule has 2 saturated heterocycles. The lowest BCUT2D eigenvalue weighted by Crippen LogP contribution is -2.51. The van der Waals surface area contributed by atoms with E-state index in [0.29, 0.717) is 19.8 Å². The number of ether oxygens (including phenoxy) is 2. The molecule has 6 rings (SSSR count). The molecule has 2 aromatic rings. The average Bonchev–Trinajstić information content (AvgIpc) is 3.33. The Morgan fingerprint density at radius 2 is 1.74 bits per heavy atom. The van der Waals surface area contributed by atoms with Crippen molar-refractivity contribution in [2.45, 2.75) is 24.4 Å². The van der Waals surface area contributed by atoms with E-state index in [-0.39, 0.29) is 29.6 Å². The van der Waals surface area contributed by atoms with Crippen LogP contribution in [0.1, 0.15) is 29.9 Å². The summed E-state index contributed by atoms with van der Waals surface area (Å²) in [6, 6.07) is 16.6. The molecule has 4 aliphatic rings. The van der Waals surface area contributed by atoms with E-state index in [9.17, 15) is 9.90 Å². The number of hydrogen-bond acceptors (Lipinski definition) is 4. The molecule has 0 atom stereocenters. The predicted molar refractivity (Wildman–Crippen MR) is 101 cm³/mol. The minimum Gasteiger partial charge on any atom is -0.449 e. The van der Waals surface area contributed by atoms with Crippen LogP contribution in [0, 0.1) is 5.41 Å². The van der Waals surface area contributed by atoms with Crippen molar-refractivity contribution in [1.82, 2.24) is 5.32 Å². The zero-order valence-corrected chi connectivity index (χ0v) is 15.1. The third kappa shape index (κ3) is 2.65. The van der Waals surface area contributed by atoms with E-state index >= 15 is 0 Å². The first-order chi connectivity index (χ1) is 13.1. The first-order valence-electron chi connectivity index (χ1n) is 9.47. The molecule has 2 aromatic carbocycles. The van der Waals surface area contributed by atoms with Crippen LogP contribution in [-0.2, 0) is 9.47 Å². The number of hydrogen-bond donors (Lipinski definition) is 2. The van der Waals surface area contributed by atoms with Crippen molar-refractivity contribution in [3.05, 3.63) is 59.7 Å². The summed E-state index contributed by atoms with van der Waals surface area (Å²) in [7, 11) is 0. The second-order valence-electron chi connectivity index (χ2n) is 8.16. The highest BCUT2D eigenvalue weighted by molar-refractivity contribution is 5.79. The highest BCUT2D eigenvalue weighted by Crippen LogP contribution is 2.57. The normalized spacial score (nSPS) is 27.6. The van der Waals surface area contributed by atoms with Crippen molar-refractivity contribution < 1.29 is 19.4 Å². The summed E-state index contributed by atoms with van der Waals surface area (Å²) >= 11 is 0. The Hall–Kier alpha value is -2.37. The van der Waals surface area contributed by atoms with Crippen LogP contribution in [0.4, 0.5) is 4.79 Å². The molecular formula is C22H23NO4. The van der Waals surface area contributed by atoms with E-state index < -0.39 is 0 Å². The zero-order valence-electron chi connectivity index (χ0n) is 15.1. The Kier molecular flexibility index (Phi) is 3.78. The van der Waals surface area contributed by atoms with Crippen LogP contribution in [-0.4, -0.2) is 43.2 Å². The largest absolute Gasteiger partial charge is 0.449 e. The molecule has 1 amide bonds. The maximum Gasteiger partial charge on any atom is 0.407 e. The van der Waals surface area contributed by atoms with Crippen LogP contribution >= 0.6 is 0 Å². The average molecular weight is 365 g/mol. The van der Waals surface area contributed by atoms with Gasteiger partial charge in [-0.1, -0.05) is 48.5 Å². The Morgan fingerprint density at radius 1 is 1.11 bits per heavy atom. The molecular weight excluding hydrogens is 342 g/mol. The smallest absolute Gasteiger partial charge is 0.407 e. The Bertz CT molecular complexity index is 842. The van der Waals surface area contributed by atoms with Gasteiger partial charge in [0, 0.05) is 17.9 Å². The predicted octanol–water partition coefficient (Wildman–Crippen LogP) is 3.07. The third-order valence-electron chi connectivity index (χ3n) is 6.32. The van der Waals surface area contributed by atoms with Crippen LogP contribution < -0.4 is 5.32 Å². The van der Waals surface area contributed by atoms with Crippen molar-refractivity contribution in [2.75, 3.05) is 26.4 Å². The quantitative estimate of drug-likeness (QED) is 0.855. The monoisotopic (exact) mass is 365 g/mol. The van der Waals surface area contributed by atoms with E-state index in [2.05, 4.69) is 29.6 Å². The number of aliphatic hydroxyl groups is 1. The summed E-state index contributed by atoms with van der Waals surface area (Å²) in [6.07, 6.45) is 1.22. The van der Waals surface area contributed by atoms with E-state index in [1.165, 1.54) is 22.3 Å². The Morgan fingerprint density at radius 3 is 2.33 bits per heavy atom. The second kappa shape index (κ2) is 6.08. The maximum absolute atomic E-state index is 12.3. The Labute approximate surface area is 158 Å². The Balaban J connectivity index is 1.21. The molecule has 3 fully saturated rings. The van der Waals surface area contributed by atoms with Crippen LogP contribution in [0.25, 0.3) is 11.1 Å². The number of alkyl carbamates (subject to hydrolysis) is 1. The first-order valence-corrected chi connectivity index (χ1v) is 9.47. The van der Waals surface area contributed by atoms with Gasteiger partial charge >= 0.3 is 6.09 Å². The van der Waals surface area contributed by atoms with Gasteiger partial charge in [0.05, 0.1) is 18.8 Å². The minimum atomic E-state index is -0.389. The van der Waals surface area contributed by atoms with Crippen molar-refractivity contribution in [3.8, 4) is 11.1 Å². The van der Waals surface area contributed by atoms with Crippen molar-refractivity contribution in [3.63, 3.8) is 0 Å². The number of nitrogens with one attached hydrogen (secondary N) is 1. The zero-order chi connectivity index (χ0) is 18.5. The number of fused-ring (bicyclic) bond motifs is 4. The van der Waals surface area contributed by atoms with E-state index in [1.807, 2.05) is 24.3 Å². The number of benzene rings is 2. The van der Waals surface area contributed by atoms with Gasteiger partial charge in [-0.2, -0.15) is 0 Å². The first kappa shape index (κ1) is 16.8. The molecule has 1 saturated carbocycles. The summed E-state index contributed by atoms with van der Waals surface area (Å²) in [5.41, 5.74) is 4.47. The molecule has 0 radical (unpaired) electrons. The van der Waals surface area contributed by atoms with Gasteiger partial charge < -0.3 is 19.9 Å². The SMILES string of the molecule is O=C(NCC12COC(CO)(C1)C2)OCC1c2ccccc2-c2ccccc21. The number of rotatable bonds is 5. The molecule has 2 aliphatic heterocycles. The van der Waals surface area contributed by atoms with Gasteiger partial charge in [0.1, 0.15) is 6.61 Å². The molecule has 140 valence electrons. The lowest BCUT2D eigenvalue weighted by molar-refractivity contribution is -0.0575. The number of aliphatic hydroxyl groups excluding tert-OH is 1. The standard InChI is InChI=1S/C22H23NO4/c24-13-22-10-21(11-22,14-27-22)12-23-20(25)26-9-19-17-7-3-1-5-15(17)16-6-2-4-8-18(16)19/h1-8,19,24H,9-14H2,(H,23,25). The van der Waals surface area contributed by atoms with E-state index in [4.69, 9.17) is 9.47 Å². The molecule has 2 aliphatic carbocycles. The molecule has 2 heterocycles. The van der Waals surface area contributed by atoms with Gasteiger partial charge in [0.25, 0.3) is 0 Å².